The van der Waals surface area contributed by atoms with E-state index >= 15 is 0 Å². The number of aliphatic hydroxyl groups excluding tert-OH is 1. The number of hydrogen-bond acceptors (Lipinski definition) is 1. The Bertz CT molecular complexity index is 175. The molecule has 0 aliphatic rings. The Kier molecular flexibility index (Phi) is 5.65. The molecule has 1 N–H and O–H groups in total. The highest BCUT2D eigenvalue weighted by Crippen LogP contribution is 2.00. The van der Waals surface area contributed by atoms with E-state index in [0.29, 0.717) is 12.3 Å². The average Bonchev–Trinajstić information content (AvgIpc) is 1.95. The SMILES string of the molecule is C[Si](C)(C)C#C[C@@H](O)CCCCl. The summed E-state index contributed by atoms with van der Waals surface area (Å²) in [6.45, 7) is 6.48. The van der Waals surface area contributed by atoms with E-state index in [2.05, 4.69) is 31.1 Å². The fraction of sp³-hybridized carbons (Fsp3) is 0.778. The quantitative estimate of drug-likeness (QED) is 0.425. The summed E-state index contributed by atoms with van der Waals surface area (Å²) in [4.78, 5) is 0. The minimum atomic E-state index is -1.31. The third-order valence-electron chi connectivity index (χ3n) is 1.22. The molecule has 0 heterocycles. The third kappa shape index (κ3) is 8.13. The molecule has 0 aliphatic carbocycles. The zero-order valence-corrected chi connectivity index (χ0v) is 9.78. The van der Waals surface area contributed by atoms with Crippen molar-refractivity contribution in [2.24, 2.45) is 0 Å². The summed E-state index contributed by atoms with van der Waals surface area (Å²) < 4.78 is 0. The van der Waals surface area contributed by atoms with Crippen LogP contribution in [0.5, 0.6) is 0 Å². The van der Waals surface area contributed by atoms with Crippen LogP contribution in [0.1, 0.15) is 12.8 Å². The Hall–Kier alpha value is 0.0269. The predicted octanol–water partition coefficient (Wildman–Crippen LogP) is 2.25. The van der Waals surface area contributed by atoms with Gasteiger partial charge in [0.05, 0.1) is 0 Å². The summed E-state index contributed by atoms with van der Waals surface area (Å²) >= 11 is 5.49. The van der Waals surface area contributed by atoms with Crippen molar-refractivity contribution in [1.82, 2.24) is 0 Å². The molecule has 3 heteroatoms. The monoisotopic (exact) mass is 204 g/mol. The Morgan fingerprint density at radius 1 is 1.42 bits per heavy atom. The molecule has 12 heavy (non-hydrogen) atoms. The molecule has 1 nitrogen and oxygen atoms in total. The van der Waals surface area contributed by atoms with Crippen LogP contribution in [0.2, 0.25) is 19.6 Å². The summed E-state index contributed by atoms with van der Waals surface area (Å²) in [5, 5.41) is 9.33. The smallest absolute Gasteiger partial charge is 0.129 e. The summed E-state index contributed by atoms with van der Waals surface area (Å²) in [7, 11) is -1.31. The molecular formula is C9H17ClOSi. The Balaban J connectivity index is 3.79. The second-order valence-electron chi connectivity index (χ2n) is 3.87. The summed E-state index contributed by atoms with van der Waals surface area (Å²) in [5.41, 5.74) is 3.13. The maximum atomic E-state index is 9.33. The highest BCUT2D eigenvalue weighted by Gasteiger charge is 2.08. The van der Waals surface area contributed by atoms with E-state index in [4.69, 9.17) is 11.6 Å². The first-order valence-electron chi connectivity index (χ1n) is 4.22. The molecule has 1 atom stereocenters. The van der Waals surface area contributed by atoms with Crippen LogP contribution in [0.25, 0.3) is 0 Å². The van der Waals surface area contributed by atoms with Gasteiger partial charge >= 0.3 is 0 Å². The fourth-order valence-electron chi connectivity index (χ4n) is 0.642. The molecule has 0 amide bonds. The number of alkyl halides is 1. The van der Waals surface area contributed by atoms with E-state index in [9.17, 15) is 5.11 Å². The molecule has 0 saturated heterocycles. The number of aliphatic hydroxyl groups is 1. The minimum absolute atomic E-state index is 0.476. The van der Waals surface area contributed by atoms with Crippen molar-refractivity contribution in [1.29, 1.82) is 0 Å². The molecule has 70 valence electrons. The Labute approximate surface area is 81.1 Å². The van der Waals surface area contributed by atoms with Crippen molar-refractivity contribution in [3.8, 4) is 11.5 Å². The molecule has 0 aromatic heterocycles. The molecule has 0 aromatic rings. The molecule has 0 bridgehead atoms. The predicted molar refractivity (Wildman–Crippen MR) is 57.1 cm³/mol. The van der Waals surface area contributed by atoms with E-state index in [1.807, 2.05) is 0 Å². The summed E-state index contributed by atoms with van der Waals surface area (Å²) in [5.74, 6) is 3.47. The summed E-state index contributed by atoms with van der Waals surface area (Å²) in [6.07, 6.45) is 1.06. The molecule has 0 fully saturated rings. The lowest BCUT2D eigenvalue weighted by atomic mass is 10.2. The number of halogens is 1. The van der Waals surface area contributed by atoms with Gasteiger partial charge < -0.3 is 5.11 Å². The van der Waals surface area contributed by atoms with E-state index in [1.54, 1.807) is 0 Å². The van der Waals surface area contributed by atoms with Crippen LogP contribution in [0.4, 0.5) is 0 Å². The fourth-order valence-corrected chi connectivity index (χ4v) is 1.40. The van der Waals surface area contributed by atoms with Crippen LogP contribution in [0.3, 0.4) is 0 Å². The van der Waals surface area contributed by atoms with Gasteiger partial charge in [0.25, 0.3) is 0 Å². The first-order valence-corrected chi connectivity index (χ1v) is 8.26. The normalized spacial score (nSPS) is 13.4. The first-order chi connectivity index (χ1) is 5.45. The van der Waals surface area contributed by atoms with Gasteiger partial charge in [-0.1, -0.05) is 25.6 Å². The van der Waals surface area contributed by atoms with Crippen molar-refractivity contribution in [2.45, 2.75) is 38.6 Å². The Morgan fingerprint density at radius 2 is 2.00 bits per heavy atom. The van der Waals surface area contributed by atoms with Crippen molar-refractivity contribution in [3.05, 3.63) is 0 Å². The molecule has 0 spiro atoms. The van der Waals surface area contributed by atoms with Gasteiger partial charge in [-0.2, -0.15) is 0 Å². The maximum Gasteiger partial charge on any atom is 0.129 e. The van der Waals surface area contributed by atoms with Crippen molar-refractivity contribution < 1.29 is 5.11 Å². The van der Waals surface area contributed by atoms with Crippen molar-refractivity contribution >= 4 is 19.7 Å². The first kappa shape index (κ1) is 12.0. The maximum absolute atomic E-state index is 9.33. The standard InChI is InChI=1S/C9H17ClOSi/c1-12(2,3)8-6-9(11)5-4-7-10/h9,11H,4-5,7H2,1-3H3/t9-/m0/s1. The zero-order chi connectivity index (χ0) is 9.61. The lowest BCUT2D eigenvalue weighted by Crippen LogP contribution is -2.17. The van der Waals surface area contributed by atoms with E-state index < -0.39 is 14.2 Å². The van der Waals surface area contributed by atoms with Gasteiger partial charge in [-0.05, 0) is 12.8 Å². The topological polar surface area (TPSA) is 20.2 Å². The highest BCUT2D eigenvalue weighted by molar-refractivity contribution is 6.83. The second kappa shape index (κ2) is 5.63. The number of hydrogen-bond donors (Lipinski definition) is 1. The van der Waals surface area contributed by atoms with Crippen LogP contribution in [0.15, 0.2) is 0 Å². The minimum Gasteiger partial charge on any atom is -0.380 e. The zero-order valence-electron chi connectivity index (χ0n) is 8.02. The van der Waals surface area contributed by atoms with Crippen LogP contribution in [-0.2, 0) is 0 Å². The molecular weight excluding hydrogens is 188 g/mol. The molecule has 0 rings (SSSR count). The molecule has 0 radical (unpaired) electrons. The van der Waals surface area contributed by atoms with Crippen LogP contribution in [-0.4, -0.2) is 25.2 Å². The second-order valence-corrected chi connectivity index (χ2v) is 8.99. The van der Waals surface area contributed by atoms with Gasteiger partial charge in [0, 0.05) is 5.88 Å². The molecule has 0 aliphatic heterocycles. The van der Waals surface area contributed by atoms with Gasteiger partial charge in [0.15, 0.2) is 0 Å². The highest BCUT2D eigenvalue weighted by atomic mass is 35.5. The lowest BCUT2D eigenvalue weighted by molar-refractivity contribution is 0.221. The van der Waals surface area contributed by atoms with E-state index in [0.717, 1.165) is 6.42 Å². The molecule has 0 saturated carbocycles. The van der Waals surface area contributed by atoms with Crippen molar-refractivity contribution in [2.75, 3.05) is 5.88 Å². The van der Waals surface area contributed by atoms with Gasteiger partial charge in [-0.15, -0.1) is 17.1 Å². The van der Waals surface area contributed by atoms with Crippen LogP contribution < -0.4 is 0 Å². The van der Waals surface area contributed by atoms with Gasteiger partial charge in [0.1, 0.15) is 14.2 Å². The van der Waals surface area contributed by atoms with Crippen LogP contribution >= 0.6 is 11.6 Å². The van der Waals surface area contributed by atoms with Crippen molar-refractivity contribution in [3.63, 3.8) is 0 Å². The van der Waals surface area contributed by atoms with Crippen LogP contribution in [0, 0.1) is 11.5 Å². The molecule has 0 aromatic carbocycles. The Morgan fingerprint density at radius 3 is 2.42 bits per heavy atom. The van der Waals surface area contributed by atoms with E-state index in [1.165, 1.54) is 0 Å². The number of rotatable bonds is 3. The largest absolute Gasteiger partial charge is 0.380 e. The molecule has 0 unspecified atom stereocenters. The lowest BCUT2D eigenvalue weighted by Gasteiger charge is -2.05. The van der Waals surface area contributed by atoms with Gasteiger partial charge in [-0.25, -0.2) is 0 Å². The van der Waals surface area contributed by atoms with Gasteiger partial charge in [-0.3, -0.25) is 0 Å². The average molecular weight is 205 g/mol. The summed E-state index contributed by atoms with van der Waals surface area (Å²) in [6, 6.07) is 0. The van der Waals surface area contributed by atoms with Gasteiger partial charge in [0.2, 0.25) is 0 Å². The van der Waals surface area contributed by atoms with E-state index in [-0.39, 0.29) is 0 Å². The third-order valence-corrected chi connectivity index (χ3v) is 2.39.